The fourth-order valence-electron chi connectivity index (χ4n) is 1.50. The van der Waals surface area contributed by atoms with Gasteiger partial charge in [0.1, 0.15) is 0 Å². The average Bonchev–Trinajstić information content (AvgIpc) is 2.00. The molecule has 0 atom stereocenters. The van der Waals surface area contributed by atoms with Crippen molar-refractivity contribution in [1.82, 2.24) is 0 Å². The van der Waals surface area contributed by atoms with Crippen LogP contribution in [0.1, 0.15) is 34.1 Å². The second-order valence-electron chi connectivity index (χ2n) is 5.83. The zero-order valence-corrected chi connectivity index (χ0v) is 13.7. The Morgan fingerprint density at radius 3 is 1.80 bits per heavy atom. The van der Waals surface area contributed by atoms with Gasteiger partial charge < -0.3 is 8.54 Å². The van der Waals surface area contributed by atoms with Gasteiger partial charge in [0.25, 0.3) is 0 Å². The summed E-state index contributed by atoms with van der Waals surface area (Å²) in [6.07, 6.45) is 1.03. The van der Waals surface area contributed by atoms with Crippen LogP contribution in [0.2, 0.25) is 32.2 Å². The first kappa shape index (κ1) is 15.4. The molecule has 92 valence electrons. The standard InChI is InChI=1S/C11H28O2Si2/c1-9-11(3,4)12-15(7,8)13-14(5,6)10-2/h9-10H2,1-8H3. The van der Waals surface area contributed by atoms with Crippen molar-refractivity contribution in [3.8, 4) is 0 Å². The fourth-order valence-corrected chi connectivity index (χ4v) is 9.04. The topological polar surface area (TPSA) is 18.5 Å². The van der Waals surface area contributed by atoms with Crippen LogP contribution >= 0.6 is 0 Å². The maximum Gasteiger partial charge on any atom is 0.321 e. The van der Waals surface area contributed by atoms with Crippen LogP contribution in [0.4, 0.5) is 0 Å². The summed E-state index contributed by atoms with van der Waals surface area (Å²) in [5.74, 6) is 0. The Balaban J connectivity index is 4.43. The maximum absolute atomic E-state index is 6.27. The van der Waals surface area contributed by atoms with E-state index in [-0.39, 0.29) is 5.60 Å². The van der Waals surface area contributed by atoms with E-state index < -0.39 is 16.9 Å². The van der Waals surface area contributed by atoms with Gasteiger partial charge in [0.2, 0.25) is 0 Å². The monoisotopic (exact) mass is 248 g/mol. The van der Waals surface area contributed by atoms with E-state index in [1.165, 1.54) is 0 Å². The van der Waals surface area contributed by atoms with Crippen LogP contribution in [-0.2, 0) is 8.54 Å². The largest absolute Gasteiger partial charge is 0.436 e. The molecule has 15 heavy (non-hydrogen) atoms. The van der Waals surface area contributed by atoms with Crippen LogP contribution in [0.15, 0.2) is 0 Å². The lowest BCUT2D eigenvalue weighted by molar-refractivity contribution is 0.0707. The summed E-state index contributed by atoms with van der Waals surface area (Å²) < 4.78 is 12.4. The molecule has 0 aromatic heterocycles. The highest BCUT2D eigenvalue weighted by Crippen LogP contribution is 2.25. The average molecular weight is 249 g/mol. The van der Waals surface area contributed by atoms with Crippen molar-refractivity contribution in [1.29, 1.82) is 0 Å². The molecule has 0 saturated heterocycles. The minimum absolute atomic E-state index is 0.0477. The molecule has 0 aliphatic heterocycles. The highest BCUT2D eigenvalue weighted by molar-refractivity contribution is 6.82. The number of hydrogen-bond donors (Lipinski definition) is 0. The fraction of sp³-hybridized carbons (Fsp3) is 1.00. The van der Waals surface area contributed by atoms with E-state index in [2.05, 4.69) is 53.9 Å². The van der Waals surface area contributed by atoms with E-state index in [1.807, 2.05) is 0 Å². The summed E-state index contributed by atoms with van der Waals surface area (Å²) in [5, 5.41) is 0. The summed E-state index contributed by atoms with van der Waals surface area (Å²) >= 11 is 0. The Morgan fingerprint density at radius 2 is 1.47 bits per heavy atom. The van der Waals surface area contributed by atoms with Crippen molar-refractivity contribution in [2.75, 3.05) is 0 Å². The van der Waals surface area contributed by atoms with Gasteiger partial charge in [-0.25, -0.2) is 0 Å². The maximum atomic E-state index is 6.27. The van der Waals surface area contributed by atoms with Crippen molar-refractivity contribution >= 4 is 16.9 Å². The Kier molecular flexibility index (Phi) is 5.24. The van der Waals surface area contributed by atoms with Gasteiger partial charge in [-0.1, -0.05) is 13.8 Å². The molecule has 0 saturated carbocycles. The molecule has 0 amide bonds. The third-order valence-corrected chi connectivity index (χ3v) is 9.67. The number of rotatable bonds is 6. The lowest BCUT2D eigenvalue weighted by atomic mass is 10.1. The predicted molar refractivity (Wildman–Crippen MR) is 72.0 cm³/mol. The van der Waals surface area contributed by atoms with Crippen LogP contribution in [0.3, 0.4) is 0 Å². The highest BCUT2D eigenvalue weighted by atomic mass is 28.4. The van der Waals surface area contributed by atoms with Crippen LogP contribution in [-0.4, -0.2) is 22.5 Å². The van der Waals surface area contributed by atoms with Crippen molar-refractivity contribution < 1.29 is 8.54 Å². The molecule has 0 heterocycles. The molecule has 0 N–H and O–H groups in total. The molecule has 0 spiro atoms. The first-order chi connectivity index (χ1) is 6.54. The SMILES string of the molecule is CCC(C)(C)O[Si](C)(C)O[Si](C)(C)CC. The normalized spacial score (nSPS) is 14.4. The lowest BCUT2D eigenvalue weighted by Gasteiger charge is -2.38. The van der Waals surface area contributed by atoms with Gasteiger partial charge in [-0.05, 0) is 52.5 Å². The molecule has 2 nitrogen and oxygen atoms in total. The van der Waals surface area contributed by atoms with Crippen molar-refractivity contribution in [3.63, 3.8) is 0 Å². The van der Waals surface area contributed by atoms with E-state index in [9.17, 15) is 0 Å². The smallest absolute Gasteiger partial charge is 0.321 e. The van der Waals surface area contributed by atoms with E-state index >= 15 is 0 Å². The first-order valence-electron chi connectivity index (χ1n) is 5.94. The van der Waals surface area contributed by atoms with Crippen LogP contribution in [0, 0.1) is 0 Å². The summed E-state index contributed by atoms with van der Waals surface area (Å²) in [6, 6.07) is 1.15. The third kappa shape index (κ3) is 6.50. The quantitative estimate of drug-likeness (QED) is 0.658. The Morgan fingerprint density at radius 1 is 1.00 bits per heavy atom. The zero-order valence-electron chi connectivity index (χ0n) is 11.7. The van der Waals surface area contributed by atoms with Crippen LogP contribution in [0.25, 0.3) is 0 Å². The van der Waals surface area contributed by atoms with Gasteiger partial charge in [0.15, 0.2) is 8.32 Å². The molecule has 4 heteroatoms. The van der Waals surface area contributed by atoms with Gasteiger partial charge >= 0.3 is 8.56 Å². The van der Waals surface area contributed by atoms with E-state index in [0.29, 0.717) is 0 Å². The molecular weight excluding hydrogens is 220 g/mol. The molecule has 0 radical (unpaired) electrons. The van der Waals surface area contributed by atoms with Crippen molar-refractivity contribution in [3.05, 3.63) is 0 Å². The Bertz CT molecular complexity index is 181. The first-order valence-corrected chi connectivity index (χ1v) is 11.9. The number of hydrogen-bond acceptors (Lipinski definition) is 2. The molecule has 0 aromatic carbocycles. The summed E-state index contributed by atoms with van der Waals surface area (Å²) in [5.41, 5.74) is -0.0477. The van der Waals surface area contributed by atoms with E-state index in [0.717, 1.165) is 12.5 Å². The minimum atomic E-state index is -1.95. The Labute approximate surface area is 97.7 Å². The second kappa shape index (κ2) is 5.12. The predicted octanol–water partition coefficient (Wildman–Crippen LogP) is 4.14. The lowest BCUT2D eigenvalue weighted by Crippen LogP contribution is -2.50. The van der Waals surface area contributed by atoms with Gasteiger partial charge in [-0.2, -0.15) is 0 Å². The van der Waals surface area contributed by atoms with Gasteiger partial charge in [0, 0.05) is 0 Å². The summed E-state index contributed by atoms with van der Waals surface area (Å²) in [6.45, 7) is 17.5. The van der Waals surface area contributed by atoms with Crippen molar-refractivity contribution in [2.24, 2.45) is 0 Å². The third-order valence-electron chi connectivity index (χ3n) is 2.75. The summed E-state index contributed by atoms with van der Waals surface area (Å²) in [7, 11) is -3.44. The molecule has 0 bridgehead atoms. The minimum Gasteiger partial charge on any atom is -0.436 e. The molecule has 0 aliphatic carbocycles. The van der Waals surface area contributed by atoms with Gasteiger partial charge in [-0.15, -0.1) is 0 Å². The van der Waals surface area contributed by atoms with Crippen molar-refractivity contribution in [2.45, 2.75) is 71.9 Å². The van der Waals surface area contributed by atoms with Crippen LogP contribution in [0.5, 0.6) is 0 Å². The van der Waals surface area contributed by atoms with E-state index in [4.69, 9.17) is 8.54 Å². The molecule has 0 fully saturated rings. The van der Waals surface area contributed by atoms with E-state index in [1.54, 1.807) is 0 Å². The zero-order chi connectivity index (χ0) is 12.3. The van der Waals surface area contributed by atoms with Gasteiger partial charge in [-0.3, -0.25) is 0 Å². The molecule has 0 aliphatic rings. The molecule has 0 aromatic rings. The Hall–Kier alpha value is 0.354. The summed E-state index contributed by atoms with van der Waals surface area (Å²) in [4.78, 5) is 0. The molecular formula is C11H28O2Si2. The highest BCUT2D eigenvalue weighted by Gasteiger charge is 2.37. The van der Waals surface area contributed by atoms with Crippen LogP contribution < -0.4 is 0 Å². The second-order valence-corrected chi connectivity index (χ2v) is 13.9. The van der Waals surface area contributed by atoms with Gasteiger partial charge in [0.05, 0.1) is 5.60 Å². The molecule has 0 unspecified atom stereocenters. The molecule has 0 rings (SSSR count).